The molecule has 1 aliphatic rings. The van der Waals surface area contributed by atoms with Gasteiger partial charge in [-0.05, 0) is 33.6 Å². The van der Waals surface area contributed by atoms with Crippen molar-refractivity contribution in [2.75, 3.05) is 0 Å². The van der Waals surface area contributed by atoms with Crippen molar-refractivity contribution in [3.63, 3.8) is 0 Å². The molecule has 0 saturated carbocycles. The molecule has 1 heterocycles. The lowest BCUT2D eigenvalue weighted by molar-refractivity contribution is -0.157. The van der Waals surface area contributed by atoms with Crippen LogP contribution in [0.3, 0.4) is 0 Å². The van der Waals surface area contributed by atoms with Crippen LogP contribution in [0.5, 0.6) is 0 Å². The molecule has 96 valence electrons. The molecule has 0 aromatic carbocycles. The molecule has 0 aliphatic carbocycles. The first-order chi connectivity index (χ1) is 7.73. The smallest absolute Gasteiger partial charge is 0.303 e. The number of carboxylic acid groups (broad SMARTS) is 1. The minimum Gasteiger partial charge on any atom is -0.481 e. The van der Waals surface area contributed by atoms with Crippen LogP contribution >= 0.6 is 0 Å². The number of nitrogens with zero attached hydrogens (tertiary/aromatic N) is 1. The highest BCUT2D eigenvalue weighted by atomic mass is 16.4. The van der Waals surface area contributed by atoms with Gasteiger partial charge in [0.2, 0.25) is 11.8 Å². The number of likely N-dealkylation sites (tertiary alicyclic amines) is 1. The second kappa shape index (κ2) is 4.85. The Bertz CT molecular complexity index is 343. The minimum absolute atomic E-state index is 0.0252. The van der Waals surface area contributed by atoms with Crippen molar-refractivity contribution in [1.29, 1.82) is 0 Å². The van der Waals surface area contributed by atoms with E-state index in [0.717, 1.165) is 0 Å². The van der Waals surface area contributed by atoms with Gasteiger partial charge in [-0.15, -0.1) is 0 Å². The quantitative estimate of drug-likeness (QED) is 0.758. The molecule has 1 unspecified atom stereocenters. The Balaban J connectivity index is 2.76. The SMILES string of the molecule is CC(C)(C)N1C(=O)CCC(CCC(=O)O)C1=O. The lowest BCUT2D eigenvalue weighted by Crippen LogP contribution is -2.54. The molecule has 1 saturated heterocycles. The van der Waals surface area contributed by atoms with Crippen LogP contribution in [0.1, 0.15) is 46.5 Å². The molecule has 0 bridgehead atoms. The van der Waals surface area contributed by atoms with E-state index in [1.54, 1.807) is 0 Å². The van der Waals surface area contributed by atoms with Gasteiger partial charge in [0.15, 0.2) is 0 Å². The van der Waals surface area contributed by atoms with Crippen LogP contribution in [-0.2, 0) is 14.4 Å². The lowest BCUT2D eigenvalue weighted by Gasteiger charge is -2.39. The normalized spacial score (nSPS) is 21.8. The van der Waals surface area contributed by atoms with E-state index in [1.165, 1.54) is 4.90 Å². The highest BCUT2D eigenvalue weighted by Crippen LogP contribution is 2.28. The molecular formula is C12H19NO4. The maximum absolute atomic E-state index is 12.1. The molecule has 0 spiro atoms. The average molecular weight is 241 g/mol. The van der Waals surface area contributed by atoms with E-state index >= 15 is 0 Å². The third kappa shape index (κ3) is 3.28. The fourth-order valence-electron chi connectivity index (χ4n) is 2.11. The van der Waals surface area contributed by atoms with Crippen LogP contribution in [0.25, 0.3) is 0 Å². The van der Waals surface area contributed by atoms with Gasteiger partial charge in [-0.1, -0.05) is 0 Å². The highest BCUT2D eigenvalue weighted by Gasteiger charge is 2.40. The second-order valence-corrected chi connectivity index (χ2v) is 5.41. The molecule has 0 radical (unpaired) electrons. The number of carboxylic acids is 1. The molecule has 1 fully saturated rings. The van der Waals surface area contributed by atoms with Gasteiger partial charge in [-0.3, -0.25) is 19.3 Å². The number of rotatable bonds is 3. The number of hydrogen-bond acceptors (Lipinski definition) is 3. The summed E-state index contributed by atoms with van der Waals surface area (Å²) in [6.45, 7) is 5.42. The van der Waals surface area contributed by atoms with Crippen LogP contribution in [-0.4, -0.2) is 33.3 Å². The zero-order valence-electron chi connectivity index (χ0n) is 10.5. The third-order valence-corrected chi connectivity index (χ3v) is 2.90. The summed E-state index contributed by atoms with van der Waals surface area (Å²) in [5.41, 5.74) is -0.532. The van der Waals surface area contributed by atoms with Crippen LogP contribution in [0.15, 0.2) is 0 Å². The summed E-state index contributed by atoms with van der Waals surface area (Å²) in [7, 11) is 0. The average Bonchev–Trinajstić information content (AvgIpc) is 2.14. The highest BCUT2D eigenvalue weighted by molar-refractivity contribution is 5.99. The van der Waals surface area contributed by atoms with Gasteiger partial charge in [-0.2, -0.15) is 0 Å². The van der Waals surface area contributed by atoms with Crippen LogP contribution in [0.2, 0.25) is 0 Å². The summed E-state index contributed by atoms with van der Waals surface area (Å²) in [5.74, 6) is -1.62. The molecule has 1 atom stereocenters. The van der Waals surface area contributed by atoms with Gasteiger partial charge in [0.1, 0.15) is 0 Å². The molecule has 2 amide bonds. The van der Waals surface area contributed by atoms with Crippen LogP contribution < -0.4 is 0 Å². The number of carbonyl (C=O) groups excluding carboxylic acids is 2. The summed E-state index contributed by atoms with van der Waals surface area (Å²) in [6, 6.07) is 0. The first-order valence-electron chi connectivity index (χ1n) is 5.82. The Morgan fingerprint density at radius 2 is 2.00 bits per heavy atom. The summed E-state index contributed by atoms with van der Waals surface area (Å²) in [4.78, 5) is 35.6. The van der Waals surface area contributed by atoms with Gasteiger partial charge in [-0.25, -0.2) is 0 Å². The fraction of sp³-hybridized carbons (Fsp3) is 0.750. The van der Waals surface area contributed by atoms with Gasteiger partial charge >= 0.3 is 5.97 Å². The predicted octanol–water partition coefficient (Wildman–Crippen LogP) is 1.41. The van der Waals surface area contributed by atoms with Crippen molar-refractivity contribution < 1.29 is 19.5 Å². The molecule has 5 nitrogen and oxygen atoms in total. The third-order valence-electron chi connectivity index (χ3n) is 2.90. The molecule has 17 heavy (non-hydrogen) atoms. The first kappa shape index (κ1) is 13.7. The van der Waals surface area contributed by atoms with Gasteiger partial charge < -0.3 is 5.11 Å². The van der Waals surface area contributed by atoms with E-state index in [1.807, 2.05) is 20.8 Å². The maximum Gasteiger partial charge on any atom is 0.303 e. The second-order valence-electron chi connectivity index (χ2n) is 5.41. The number of piperidine rings is 1. The van der Waals surface area contributed by atoms with E-state index in [-0.39, 0.29) is 24.2 Å². The minimum atomic E-state index is -0.906. The summed E-state index contributed by atoms with van der Waals surface area (Å²) < 4.78 is 0. The van der Waals surface area contributed by atoms with Crippen molar-refractivity contribution in [2.45, 2.75) is 52.0 Å². The largest absolute Gasteiger partial charge is 0.481 e. The molecule has 5 heteroatoms. The van der Waals surface area contributed by atoms with Crippen molar-refractivity contribution in [3.8, 4) is 0 Å². The number of amides is 2. The molecule has 1 N–H and O–H groups in total. The lowest BCUT2D eigenvalue weighted by atomic mass is 9.89. The Morgan fingerprint density at radius 3 is 2.47 bits per heavy atom. The van der Waals surface area contributed by atoms with Gasteiger partial charge in [0.25, 0.3) is 0 Å². The van der Waals surface area contributed by atoms with E-state index in [0.29, 0.717) is 19.3 Å². The monoisotopic (exact) mass is 241 g/mol. The van der Waals surface area contributed by atoms with Crippen LogP contribution in [0.4, 0.5) is 0 Å². The van der Waals surface area contributed by atoms with Gasteiger partial charge in [0, 0.05) is 24.3 Å². The van der Waals surface area contributed by atoms with E-state index in [4.69, 9.17) is 5.11 Å². The maximum atomic E-state index is 12.1. The molecule has 0 aromatic heterocycles. The Kier molecular flexibility index (Phi) is 3.91. The van der Waals surface area contributed by atoms with Crippen molar-refractivity contribution in [2.24, 2.45) is 5.92 Å². The Morgan fingerprint density at radius 1 is 1.41 bits per heavy atom. The van der Waals surface area contributed by atoms with Gasteiger partial charge in [0.05, 0.1) is 0 Å². The molecular weight excluding hydrogens is 222 g/mol. The van der Waals surface area contributed by atoms with Crippen molar-refractivity contribution in [1.82, 2.24) is 4.90 Å². The van der Waals surface area contributed by atoms with E-state index in [2.05, 4.69) is 0 Å². The molecule has 0 aromatic rings. The summed E-state index contributed by atoms with van der Waals surface area (Å²) in [6.07, 6.45) is 1.08. The summed E-state index contributed by atoms with van der Waals surface area (Å²) >= 11 is 0. The number of carbonyl (C=O) groups is 3. The standard InChI is InChI=1S/C12H19NO4/c1-12(2,3)13-9(14)6-4-8(11(13)17)5-7-10(15)16/h8H,4-7H2,1-3H3,(H,15,16). The fourth-order valence-corrected chi connectivity index (χ4v) is 2.11. The Hall–Kier alpha value is -1.39. The summed E-state index contributed by atoms with van der Waals surface area (Å²) in [5, 5.41) is 8.62. The van der Waals surface area contributed by atoms with Crippen molar-refractivity contribution >= 4 is 17.8 Å². The number of hydrogen-bond donors (Lipinski definition) is 1. The van der Waals surface area contributed by atoms with E-state index in [9.17, 15) is 14.4 Å². The molecule has 1 rings (SSSR count). The topological polar surface area (TPSA) is 74.7 Å². The van der Waals surface area contributed by atoms with E-state index < -0.39 is 11.5 Å². The zero-order valence-corrected chi connectivity index (χ0v) is 10.5. The predicted molar refractivity (Wildman–Crippen MR) is 61.2 cm³/mol. The Labute approximate surface area is 101 Å². The zero-order chi connectivity index (χ0) is 13.2. The van der Waals surface area contributed by atoms with Crippen LogP contribution in [0, 0.1) is 5.92 Å². The number of imide groups is 1. The first-order valence-corrected chi connectivity index (χ1v) is 5.82. The number of aliphatic carboxylic acids is 1. The molecule has 1 aliphatic heterocycles. The van der Waals surface area contributed by atoms with Crippen molar-refractivity contribution in [3.05, 3.63) is 0 Å².